The molecule has 2 rings (SSSR count). The molecule has 0 unspecified atom stereocenters. The van der Waals surface area contributed by atoms with E-state index in [4.69, 9.17) is 0 Å². The Kier molecular flexibility index (Phi) is 3.75. The highest BCUT2D eigenvalue weighted by Gasteiger charge is 2.14. The highest BCUT2D eigenvalue weighted by Crippen LogP contribution is 2.18. The molecule has 2 aromatic rings. The second-order valence-electron chi connectivity index (χ2n) is 3.83. The van der Waals surface area contributed by atoms with E-state index in [0.717, 1.165) is 12.1 Å². The zero-order valence-electron chi connectivity index (χ0n) is 9.55. The number of nitro groups is 1. The van der Waals surface area contributed by atoms with Crippen molar-refractivity contribution in [3.05, 3.63) is 72.9 Å². The van der Waals surface area contributed by atoms with Crippen LogP contribution in [0.1, 0.15) is 5.56 Å². The number of pyridine rings is 1. The van der Waals surface area contributed by atoms with Crippen LogP contribution < -0.4 is 5.56 Å². The number of halogens is 2. The first-order valence-electron chi connectivity index (χ1n) is 5.27. The molecule has 0 aliphatic carbocycles. The Balaban J connectivity index is 2.34. The number of benzene rings is 1. The summed E-state index contributed by atoms with van der Waals surface area (Å²) in [5.41, 5.74) is -0.352. The quantitative estimate of drug-likeness (QED) is 0.643. The number of rotatable bonds is 3. The van der Waals surface area contributed by atoms with E-state index in [-0.39, 0.29) is 12.1 Å². The van der Waals surface area contributed by atoms with Crippen molar-refractivity contribution in [3.63, 3.8) is 0 Å². The molecule has 5 nitrogen and oxygen atoms in total. The maximum atomic E-state index is 13.4. The van der Waals surface area contributed by atoms with Gasteiger partial charge in [0.25, 0.3) is 5.56 Å². The van der Waals surface area contributed by atoms with Gasteiger partial charge in [-0.1, -0.05) is 6.07 Å². The standard InChI is InChI=1S/C12H8BrFN2O3/c13-9-2-1-5-15(12(9)17)7-8-3-4-11(16(18)19)10(14)6-8/h1-6H,7H2. The molecular formula is C12H8BrFN2O3. The molecule has 0 radical (unpaired) electrons. The highest BCUT2D eigenvalue weighted by molar-refractivity contribution is 9.10. The van der Waals surface area contributed by atoms with Crippen LogP contribution in [-0.2, 0) is 6.54 Å². The van der Waals surface area contributed by atoms with Crippen molar-refractivity contribution in [1.29, 1.82) is 0 Å². The molecule has 1 aromatic carbocycles. The molecule has 19 heavy (non-hydrogen) atoms. The van der Waals surface area contributed by atoms with Crippen LogP contribution in [0.5, 0.6) is 0 Å². The molecule has 0 spiro atoms. The van der Waals surface area contributed by atoms with Crippen LogP contribution in [0.3, 0.4) is 0 Å². The molecular weight excluding hydrogens is 319 g/mol. The maximum absolute atomic E-state index is 13.4. The third-order valence-corrected chi connectivity index (χ3v) is 3.14. The van der Waals surface area contributed by atoms with Gasteiger partial charge in [-0.3, -0.25) is 14.9 Å². The fraction of sp³-hybridized carbons (Fsp3) is 0.0833. The first-order valence-corrected chi connectivity index (χ1v) is 6.06. The minimum atomic E-state index is -0.912. The van der Waals surface area contributed by atoms with E-state index in [9.17, 15) is 19.3 Å². The number of nitrogens with zero attached hydrogens (tertiary/aromatic N) is 2. The third-order valence-electron chi connectivity index (χ3n) is 2.54. The lowest BCUT2D eigenvalue weighted by atomic mass is 10.2. The van der Waals surface area contributed by atoms with E-state index in [1.54, 1.807) is 18.3 Å². The predicted octanol–water partition coefficient (Wildman–Crippen LogP) is 2.71. The molecule has 0 amide bonds. The SMILES string of the molecule is O=c1c(Br)cccn1Cc1ccc([N+](=O)[O-])c(F)c1. The summed E-state index contributed by atoms with van der Waals surface area (Å²) >= 11 is 3.11. The van der Waals surface area contributed by atoms with E-state index in [0.29, 0.717) is 10.0 Å². The van der Waals surface area contributed by atoms with Crippen molar-refractivity contribution in [2.24, 2.45) is 0 Å². The summed E-state index contributed by atoms with van der Waals surface area (Å²) in [6, 6.07) is 6.86. The molecule has 0 N–H and O–H groups in total. The van der Waals surface area contributed by atoms with Gasteiger partial charge in [0.05, 0.1) is 15.9 Å². The summed E-state index contributed by atoms with van der Waals surface area (Å²) < 4.78 is 15.2. The van der Waals surface area contributed by atoms with Crippen molar-refractivity contribution in [3.8, 4) is 0 Å². The molecule has 0 bridgehead atoms. The fourth-order valence-corrected chi connectivity index (χ4v) is 2.01. The molecule has 0 atom stereocenters. The maximum Gasteiger partial charge on any atom is 0.304 e. The normalized spacial score (nSPS) is 10.4. The van der Waals surface area contributed by atoms with Gasteiger partial charge in [0.1, 0.15) is 0 Å². The van der Waals surface area contributed by atoms with Gasteiger partial charge in [-0.15, -0.1) is 0 Å². The summed E-state index contributed by atoms with van der Waals surface area (Å²) in [7, 11) is 0. The minimum absolute atomic E-state index is 0.146. The summed E-state index contributed by atoms with van der Waals surface area (Å²) in [5, 5.41) is 10.5. The van der Waals surface area contributed by atoms with Crippen LogP contribution in [-0.4, -0.2) is 9.49 Å². The van der Waals surface area contributed by atoms with Crippen molar-refractivity contribution in [1.82, 2.24) is 4.57 Å². The first-order chi connectivity index (χ1) is 8.99. The monoisotopic (exact) mass is 326 g/mol. The second kappa shape index (κ2) is 5.31. The van der Waals surface area contributed by atoms with Crippen LogP contribution in [0.4, 0.5) is 10.1 Å². The number of hydrogen-bond acceptors (Lipinski definition) is 3. The number of aromatic nitrogens is 1. The van der Waals surface area contributed by atoms with Gasteiger partial charge >= 0.3 is 5.69 Å². The molecule has 1 aromatic heterocycles. The lowest BCUT2D eigenvalue weighted by molar-refractivity contribution is -0.387. The minimum Gasteiger partial charge on any atom is -0.310 e. The van der Waals surface area contributed by atoms with E-state index >= 15 is 0 Å². The lowest BCUT2D eigenvalue weighted by Gasteiger charge is -2.06. The Morgan fingerprint density at radius 2 is 2.11 bits per heavy atom. The van der Waals surface area contributed by atoms with Crippen LogP contribution in [0.2, 0.25) is 0 Å². The van der Waals surface area contributed by atoms with Crippen molar-refractivity contribution < 1.29 is 9.31 Å². The first kappa shape index (κ1) is 13.4. The molecule has 0 fully saturated rings. The van der Waals surface area contributed by atoms with Gasteiger partial charge in [0.15, 0.2) is 0 Å². The van der Waals surface area contributed by atoms with Crippen LogP contribution >= 0.6 is 15.9 Å². The summed E-state index contributed by atoms with van der Waals surface area (Å²) in [5.74, 6) is -0.912. The van der Waals surface area contributed by atoms with Crippen LogP contribution in [0.25, 0.3) is 0 Å². The average molecular weight is 327 g/mol. The Labute approximate surface area is 115 Å². The summed E-state index contributed by atoms with van der Waals surface area (Å²) in [6.45, 7) is 0.146. The van der Waals surface area contributed by atoms with Gasteiger partial charge in [-0.2, -0.15) is 4.39 Å². The summed E-state index contributed by atoms with van der Waals surface area (Å²) in [6.07, 6.45) is 1.56. The van der Waals surface area contributed by atoms with Crippen LogP contribution in [0, 0.1) is 15.9 Å². The van der Waals surface area contributed by atoms with Gasteiger partial charge in [-0.05, 0) is 39.7 Å². The topological polar surface area (TPSA) is 65.1 Å². The molecule has 98 valence electrons. The number of nitro benzene ring substituents is 1. The van der Waals surface area contributed by atoms with Crippen molar-refractivity contribution in [2.45, 2.75) is 6.54 Å². The Hall–Kier alpha value is -2.02. The Bertz CT molecular complexity index is 700. The van der Waals surface area contributed by atoms with Crippen molar-refractivity contribution in [2.75, 3.05) is 0 Å². The second-order valence-corrected chi connectivity index (χ2v) is 4.69. The van der Waals surface area contributed by atoms with Crippen LogP contribution in [0.15, 0.2) is 45.8 Å². The third kappa shape index (κ3) is 2.87. The van der Waals surface area contributed by atoms with E-state index < -0.39 is 16.4 Å². The molecule has 0 saturated heterocycles. The fourth-order valence-electron chi connectivity index (χ4n) is 1.63. The summed E-state index contributed by atoms with van der Waals surface area (Å²) in [4.78, 5) is 21.5. The zero-order valence-corrected chi connectivity index (χ0v) is 11.1. The molecule has 0 saturated carbocycles. The van der Waals surface area contributed by atoms with Gasteiger partial charge in [-0.25, -0.2) is 0 Å². The van der Waals surface area contributed by atoms with E-state index in [1.165, 1.54) is 10.6 Å². The smallest absolute Gasteiger partial charge is 0.304 e. The molecule has 0 aliphatic heterocycles. The molecule has 7 heteroatoms. The van der Waals surface area contributed by atoms with E-state index in [2.05, 4.69) is 15.9 Å². The largest absolute Gasteiger partial charge is 0.310 e. The Morgan fingerprint density at radius 1 is 1.37 bits per heavy atom. The zero-order chi connectivity index (χ0) is 14.0. The highest BCUT2D eigenvalue weighted by atomic mass is 79.9. The van der Waals surface area contributed by atoms with Gasteiger partial charge in [0.2, 0.25) is 5.82 Å². The predicted molar refractivity (Wildman–Crippen MR) is 70.6 cm³/mol. The van der Waals surface area contributed by atoms with Gasteiger partial charge in [0, 0.05) is 12.3 Å². The lowest BCUT2D eigenvalue weighted by Crippen LogP contribution is -2.20. The van der Waals surface area contributed by atoms with Crippen molar-refractivity contribution >= 4 is 21.6 Å². The average Bonchev–Trinajstić information content (AvgIpc) is 2.34. The Morgan fingerprint density at radius 3 is 2.74 bits per heavy atom. The van der Waals surface area contributed by atoms with Gasteiger partial charge < -0.3 is 4.57 Å². The van der Waals surface area contributed by atoms with E-state index in [1.807, 2.05) is 0 Å². The number of hydrogen-bond donors (Lipinski definition) is 0. The molecule has 0 aliphatic rings. The molecule has 1 heterocycles.